The molecule has 0 saturated carbocycles. The maximum absolute atomic E-state index is 13.2. The van der Waals surface area contributed by atoms with Gasteiger partial charge in [0.15, 0.2) is 0 Å². The number of para-hydroxylation sites is 1. The minimum Gasteiger partial charge on any atom is -0.494 e. The molecule has 2 heterocycles. The first-order chi connectivity index (χ1) is 13.1. The van der Waals surface area contributed by atoms with Crippen LogP contribution in [-0.4, -0.2) is 35.2 Å². The van der Waals surface area contributed by atoms with E-state index in [1.165, 1.54) is 12.1 Å². The van der Waals surface area contributed by atoms with Crippen molar-refractivity contribution >= 4 is 0 Å². The lowest BCUT2D eigenvalue weighted by Crippen LogP contribution is -2.49. The topological polar surface area (TPSA) is 32.7 Å². The molecule has 3 nitrogen and oxygen atoms in total. The first-order valence-corrected chi connectivity index (χ1v) is 10.1. The fraction of sp³-hybridized carbons (Fsp3) is 0.478. The maximum atomic E-state index is 13.2. The number of nitrogens with zero attached hydrogens (tertiary/aromatic N) is 1. The molecule has 2 aromatic rings. The van der Waals surface area contributed by atoms with Crippen LogP contribution in [-0.2, 0) is 5.60 Å². The van der Waals surface area contributed by atoms with Crippen molar-refractivity contribution in [3.05, 3.63) is 66.0 Å². The van der Waals surface area contributed by atoms with Crippen LogP contribution in [0.5, 0.6) is 5.75 Å². The summed E-state index contributed by atoms with van der Waals surface area (Å²) in [5, 5.41) is 11.2. The third-order valence-electron chi connectivity index (χ3n) is 6.12. The summed E-state index contributed by atoms with van der Waals surface area (Å²) in [6.45, 7) is 1.81. The highest BCUT2D eigenvalue weighted by atomic mass is 19.1. The van der Waals surface area contributed by atoms with E-state index in [9.17, 15) is 9.50 Å². The van der Waals surface area contributed by atoms with Gasteiger partial charge in [-0.05, 0) is 74.9 Å². The summed E-state index contributed by atoms with van der Waals surface area (Å²) in [4.78, 5) is 2.58. The number of hydrogen-bond acceptors (Lipinski definition) is 3. The number of piperidine rings is 1. The Hall–Kier alpha value is -1.91. The summed E-state index contributed by atoms with van der Waals surface area (Å²) in [6.07, 6.45) is 5.93. The molecule has 2 aliphatic rings. The highest BCUT2D eigenvalue weighted by molar-refractivity contribution is 5.25. The molecule has 4 rings (SSSR count). The fourth-order valence-corrected chi connectivity index (χ4v) is 4.78. The van der Waals surface area contributed by atoms with Gasteiger partial charge in [0, 0.05) is 12.1 Å². The zero-order valence-electron chi connectivity index (χ0n) is 15.7. The van der Waals surface area contributed by atoms with Crippen LogP contribution < -0.4 is 4.74 Å². The van der Waals surface area contributed by atoms with Gasteiger partial charge in [-0.15, -0.1) is 0 Å². The van der Waals surface area contributed by atoms with Crippen molar-refractivity contribution < 1.29 is 14.2 Å². The number of hydrogen-bond donors (Lipinski definition) is 1. The van der Waals surface area contributed by atoms with E-state index < -0.39 is 5.60 Å². The highest BCUT2D eigenvalue weighted by Crippen LogP contribution is 2.45. The predicted molar refractivity (Wildman–Crippen MR) is 104 cm³/mol. The highest BCUT2D eigenvalue weighted by Gasteiger charge is 2.47. The van der Waals surface area contributed by atoms with Gasteiger partial charge in [0.2, 0.25) is 0 Å². The van der Waals surface area contributed by atoms with Gasteiger partial charge in [0.25, 0.3) is 0 Å². The van der Waals surface area contributed by atoms with Crippen LogP contribution in [0.2, 0.25) is 0 Å². The van der Waals surface area contributed by atoms with Crippen molar-refractivity contribution in [1.82, 2.24) is 4.90 Å². The number of ether oxygens (including phenoxy) is 1. The summed E-state index contributed by atoms with van der Waals surface area (Å²) in [7, 11) is 0. The lowest BCUT2D eigenvalue weighted by molar-refractivity contribution is -0.0573. The van der Waals surface area contributed by atoms with Crippen LogP contribution in [0.25, 0.3) is 0 Å². The van der Waals surface area contributed by atoms with Crippen LogP contribution in [0.3, 0.4) is 0 Å². The number of rotatable bonds is 7. The van der Waals surface area contributed by atoms with Crippen LogP contribution in [0.15, 0.2) is 54.6 Å². The molecule has 2 unspecified atom stereocenters. The predicted octanol–water partition coefficient (Wildman–Crippen LogP) is 4.50. The Morgan fingerprint density at radius 1 is 0.963 bits per heavy atom. The first kappa shape index (κ1) is 18.5. The summed E-state index contributed by atoms with van der Waals surface area (Å²) < 4.78 is 19.0. The monoisotopic (exact) mass is 369 g/mol. The zero-order valence-corrected chi connectivity index (χ0v) is 15.7. The molecule has 144 valence electrons. The van der Waals surface area contributed by atoms with E-state index in [1.807, 2.05) is 30.3 Å². The Morgan fingerprint density at radius 3 is 2.30 bits per heavy atom. The Labute approximate surface area is 160 Å². The second-order valence-electron chi connectivity index (χ2n) is 7.94. The normalized spacial score (nSPS) is 27.6. The second-order valence-corrected chi connectivity index (χ2v) is 7.94. The number of fused-ring (bicyclic) bond motifs is 2. The molecule has 0 spiro atoms. The van der Waals surface area contributed by atoms with E-state index in [0.29, 0.717) is 12.1 Å². The van der Waals surface area contributed by atoms with E-state index in [1.54, 1.807) is 12.1 Å². The van der Waals surface area contributed by atoms with E-state index in [0.717, 1.165) is 63.0 Å². The maximum Gasteiger partial charge on any atom is 0.123 e. The van der Waals surface area contributed by atoms with Gasteiger partial charge in [0.05, 0.1) is 12.2 Å². The smallest absolute Gasteiger partial charge is 0.123 e. The minimum atomic E-state index is -0.813. The largest absolute Gasteiger partial charge is 0.494 e. The van der Waals surface area contributed by atoms with Crippen molar-refractivity contribution in [3.63, 3.8) is 0 Å². The molecule has 27 heavy (non-hydrogen) atoms. The lowest BCUT2D eigenvalue weighted by Gasteiger charge is -2.44. The van der Waals surface area contributed by atoms with Crippen molar-refractivity contribution in [3.8, 4) is 5.75 Å². The third-order valence-corrected chi connectivity index (χ3v) is 6.12. The Bertz CT molecular complexity index is 720. The lowest BCUT2D eigenvalue weighted by atomic mass is 9.80. The second kappa shape index (κ2) is 7.99. The summed E-state index contributed by atoms with van der Waals surface area (Å²) in [5.41, 5.74) is 0.0450. The number of benzene rings is 2. The Balaban J connectivity index is 1.27. The van der Waals surface area contributed by atoms with Crippen LogP contribution in [0.1, 0.15) is 44.1 Å². The van der Waals surface area contributed by atoms with Crippen LogP contribution in [0.4, 0.5) is 4.39 Å². The number of unbranched alkanes of at least 4 members (excludes halogenated alkanes) is 1. The van der Waals surface area contributed by atoms with E-state index >= 15 is 0 Å². The van der Waals surface area contributed by atoms with Gasteiger partial charge >= 0.3 is 0 Å². The van der Waals surface area contributed by atoms with Crippen molar-refractivity contribution in [1.29, 1.82) is 0 Å². The molecule has 1 N–H and O–H groups in total. The van der Waals surface area contributed by atoms with E-state index in [-0.39, 0.29) is 5.82 Å². The molecular formula is C23H28FNO2. The summed E-state index contributed by atoms with van der Waals surface area (Å²) >= 11 is 0. The average Bonchev–Trinajstić information content (AvgIpc) is 2.93. The molecular weight excluding hydrogens is 341 g/mol. The Kier molecular flexibility index (Phi) is 5.46. The van der Waals surface area contributed by atoms with Gasteiger partial charge in [-0.2, -0.15) is 0 Å². The molecule has 0 aromatic heterocycles. The molecule has 0 amide bonds. The molecule has 2 atom stereocenters. The van der Waals surface area contributed by atoms with Crippen molar-refractivity contribution in [2.75, 3.05) is 13.2 Å². The van der Waals surface area contributed by atoms with Crippen LogP contribution in [0, 0.1) is 5.82 Å². The molecule has 2 bridgehead atoms. The van der Waals surface area contributed by atoms with Crippen LogP contribution >= 0.6 is 0 Å². The molecule has 2 saturated heterocycles. The molecule has 2 aromatic carbocycles. The summed E-state index contributed by atoms with van der Waals surface area (Å²) in [5.74, 6) is 0.681. The van der Waals surface area contributed by atoms with Crippen molar-refractivity contribution in [2.45, 2.75) is 56.2 Å². The van der Waals surface area contributed by atoms with Gasteiger partial charge in [-0.3, -0.25) is 4.90 Å². The number of aliphatic hydroxyl groups is 1. The average molecular weight is 369 g/mol. The number of halogens is 1. The SMILES string of the molecule is OC1(c2ccc(F)cc2)CC2CCC(C1)N2CCCCOc1ccccc1. The molecule has 4 heteroatoms. The molecule has 2 aliphatic heterocycles. The standard InChI is InChI=1S/C23H28FNO2/c24-19-10-8-18(9-11-19)23(26)16-20-12-13-21(17-23)25(20)14-4-5-15-27-22-6-2-1-3-7-22/h1-3,6-11,20-21,26H,4-5,12-17H2. The van der Waals surface area contributed by atoms with Gasteiger partial charge < -0.3 is 9.84 Å². The molecule has 0 radical (unpaired) electrons. The van der Waals surface area contributed by atoms with Crippen molar-refractivity contribution in [2.24, 2.45) is 0 Å². The van der Waals surface area contributed by atoms with Gasteiger partial charge in [-0.1, -0.05) is 30.3 Å². The first-order valence-electron chi connectivity index (χ1n) is 10.1. The fourth-order valence-electron chi connectivity index (χ4n) is 4.78. The zero-order chi connectivity index (χ0) is 18.7. The van der Waals surface area contributed by atoms with Gasteiger partial charge in [0.1, 0.15) is 11.6 Å². The minimum absolute atomic E-state index is 0.250. The quantitative estimate of drug-likeness (QED) is 0.730. The van der Waals surface area contributed by atoms with E-state index in [4.69, 9.17) is 4.74 Å². The Morgan fingerprint density at radius 2 is 1.63 bits per heavy atom. The molecule has 2 fully saturated rings. The van der Waals surface area contributed by atoms with E-state index in [2.05, 4.69) is 4.90 Å². The van der Waals surface area contributed by atoms with Gasteiger partial charge in [-0.25, -0.2) is 4.39 Å². The summed E-state index contributed by atoms with van der Waals surface area (Å²) in [6, 6.07) is 17.2. The molecule has 0 aliphatic carbocycles. The third kappa shape index (κ3) is 4.17.